The molecule has 1 unspecified atom stereocenters. The highest BCUT2D eigenvalue weighted by Crippen LogP contribution is 2.34. The second-order valence-electron chi connectivity index (χ2n) is 4.52. The van der Waals surface area contributed by atoms with E-state index >= 15 is 0 Å². The molecule has 0 aliphatic carbocycles. The number of nitro groups is 1. The number of nitrogens with zero attached hydrogens (tertiary/aromatic N) is 1. The molecule has 0 bridgehead atoms. The molecule has 2 rings (SSSR count). The Bertz CT molecular complexity index is 646. The van der Waals surface area contributed by atoms with Gasteiger partial charge in [-0.15, -0.1) is 0 Å². The van der Waals surface area contributed by atoms with Crippen LogP contribution in [-0.4, -0.2) is 4.92 Å². The third kappa shape index (κ3) is 3.42. The summed E-state index contributed by atoms with van der Waals surface area (Å²) in [4.78, 5) is 10.8. The highest BCUT2D eigenvalue weighted by atomic mass is 35.5. The Morgan fingerprint density at radius 2 is 1.81 bits per heavy atom. The van der Waals surface area contributed by atoms with Crippen LogP contribution in [0, 0.1) is 10.1 Å². The first kappa shape index (κ1) is 15.1. The number of halogens is 1. The predicted octanol–water partition coefficient (Wildman–Crippen LogP) is 3.71. The molecular formula is C14H15ClN4O2. The number of benzene rings is 2. The molecule has 4 N–H and O–H groups in total. The number of nitrogens with one attached hydrogen (secondary N) is 2. The van der Waals surface area contributed by atoms with Gasteiger partial charge in [-0.05, 0) is 36.8 Å². The molecule has 0 aromatic heterocycles. The first-order valence-electron chi connectivity index (χ1n) is 6.29. The Hall–Kier alpha value is -2.31. The fraction of sp³-hybridized carbons (Fsp3) is 0.143. The Kier molecular flexibility index (Phi) is 4.62. The van der Waals surface area contributed by atoms with Crippen molar-refractivity contribution in [2.75, 3.05) is 10.7 Å². The van der Waals surface area contributed by atoms with Crippen LogP contribution in [0.15, 0.2) is 42.5 Å². The summed E-state index contributed by atoms with van der Waals surface area (Å²) in [5, 5.41) is 15.0. The van der Waals surface area contributed by atoms with Crippen LogP contribution in [0.3, 0.4) is 0 Å². The molecule has 0 radical (unpaired) electrons. The second kappa shape index (κ2) is 6.43. The lowest BCUT2D eigenvalue weighted by Gasteiger charge is -2.16. The smallest absolute Gasteiger partial charge is 0.316 e. The van der Waals surface area contributed by atoms with E-state index in [1.54, 1.807) is 30.3 Å². The highest BCUT2D eigenvalue weighted by Gasteiger charge is 2.20. The van der Waals surface area contributed by atoms with Gasteiger partial charge in [0, 0.05) is 11.1 Å². The van der Waals surface area contributed by atoms with Crippen LogP contribution < -0.4 is 16.6 Å². The molecule has 2 aromatic carbocycles. The highest BCUT2D eigenvalue weighted by molar-refractivity contribution is 6.30. The Labute approximate surface area is 127 Å². The maximum absolute atomic E-state index is 11.2. The SMILES string of the molecule is CC(Nc1cccc(NN)c1[N+](=O)[O-])c1ccc(Cl)cc1. The molecule has 110 valence electrons. The van der Waals surface area contributed by atoms with Crippen LogP contribution in [0.1, 0.15) is 18.5 Å². The average Bonchev–Trinajstić information content (AvgIpc) is 2.47. The molecule has 1 atom stereocenters. The number of nitrogens with two attached hydrogens (primary N) is 1. The van der Waals surface area contributed by atoms with Crippen molar-refractivity contribution < 1.29 is 4.92 Å². The molecule has 2 aromatic rings. The minimum absolute atomic E-state index is 0.0826. The van der Waals surface area contributed by atoms with E-state index in [1.165, 1.54) is 0 Å². The zero-order valence-electron chi connectivity index (χ0n) is 11.3. The van der Waals surface area contributed by atoms with Crippen LogP contribution in [0.5, 0.6) is 0 Å². The van der Waals surface area contributed by atoms with Crippen LogP contribution in [0.2, 0.25) is 5.02 Å². The molecule has 0 fully saturated rings. The van der Waals surface area contributed by atoms with Gasteiger partial charge in [0.05, 0.1) is 4.92 Å². The zero-order valence-corrected chi connectivity index (χ0v) is 12.1. The van der Waals surface area contributed by atoms with E-state index < -0.39 is 4.92 Å². The number of anilines is 2. The Morgan fingerprint density at radius 1 is 1.19 bits per heavy atom. The average molecular weight is 307 g/mol. The van der Waals surface area contributed by atoms with Gasteiger partial charge in [0.25, 0.3) is 0 Å². The van der Waals surface area contributed by atoms with Gasteiger partial charge in [-0.1, -0.05) is 29.8 Å². The van der Waals surface area contributed by atoms with Gasteiger partial charge in [-0.2, -0.15) is 0 Å². The van der Waals surface area contributed by atoms with Gasteiger partial charge in [-0.25, -0.2) is 0 Å². The van der Waals surface area contributed by atoms with Crippen molar-refractivity contribution in [3.05, 3.63) is 63.2 Å². The largest absolute Gasteiger partial charge is 0.373 e. The van der Waals surface area contributed by atoms with E-state index in [2.05, 4.69) is 10.7 Å². The summed E-state index contributed by atoms with van der Waals surface area (Å²) < 4.78 is 0. The van der Waals surface area contributed by atoms with Gasteiger partial charge < -0.3 is 10.7 Å². The molecule has 21 heavy (non-hydrogen) atoms. The second-order valence-corrected chi connectivity index (χ2v) is 4.96. The molecule has 6 nitrogen and oxygen atoms in total. The van der Waals surface area contributed by atoms with Crippen LogP contribution >= 0.6 is 11.6 Å². The van der Waals surface area contributed by atoms with Crippen molar-refractivity contribution in [3.8, 4) is 0 Å². The monoisotopic (exact) mass is 306 g/mol. The van der Waals surface area contributed by atoms with Gasteiger partial charge in [0.1, 0.15) is 11.4 Å². The lowest BCUT2D eigenvalue weighted by atomic mass is 10.1. The van der Waals surface area contributed by atoms with Crippen molar-refractivity contribution in [1.29, 1.82) is 0 Å². The van der Waals surface area contributed by atoms with Gasteiger partial charge >= 0.3 is 5.69 Å². The van der Waals surface area contributed by atoms with Crippen molar-refractivity contribution in [1.82, 2.24) is 0 Å². The molecule has 7 heteroatoms. The lowest BCUT2D eigenvalue weighted by molar-refractivity contribution is -0.383. The van der Waals surface area contributed by atoms with Crippen molar-refractivity contribution >= 4 is 28.7 Å². The third-order valence-electron chi connectivity index (χ3n) is 3.12. The summed E-state index contributed by atoms with van der Waals surface area (Å²) >= 11 is 5.85. The number of nitrogen functional groups attached to an aromatic ring is 1. The van der Waals surface area contributed by atoms with E-state index in [4.69, 9.17) is 17.4 Å². The molecular weight excluding hydrogens is 292 g/mol. The Balaban J connectivity index is 2.30. The van der Waals surface area contributed by atoms with Gasteiger partial charge in [0.15, 0.2) is 0 Å². The van der Waals surface area contributed by atoms with Crippen molar-refractivity contribution in [2.24, 2.45) is 5.84 Å². The summed E-state index contributed by atoms with van der Waals surface area (Å²) in [7, 11) is 0. The van der Waals surface area contributed by atoms with Gasteiger partial charge in [-0.3, -0.25) is 16.0 Å². The van der Waals surface area contributed by atoms with E-state index in [9.17, 15) is 10.1 Å². The molecule has 0 aliphatic rings. The number of hydrogen-bond acceptors (Lipinski definition) is 5. The molecule has 0 saturated heterocycles. The maximum atomic E-state index is 11.2. The summed E-state index contributed by atoms with van der Waals surface area (Å²) in [5.41, 5.74) is 3.89. The van der Waals surface area contributed by atoms with Crippen LogP contribution in [0.4, 0.5) is 17.1 Å². The van der Waals surface area contributed by atoms with Crippen LogP contribution in [0.25, 0.3) is 0 Å². The fourth-order valence-electron chi connectivity index (χ4n) is 2.04. The van der Waals surface area contributed by atoms with Crippen LogP contribution in [-0.2, 0) is 0 Å². The molecule has 0 saturated carbocycles. The molecule has 0 amide bonds. The van der Waals surface area contributed by atoms with Gasteiger partial charge in [0.2, 0.25) is 0 Å². The van der Waals surface area contributed by atoms with E-state index in [1.807, 2.05) is 19.1 Å². The topological polar surface area (TPSA) is 93.2 Å². The third-order valence-corrected chi connectivity index (χ3v) is 3.37. The maximum Gasteiger partial charge on any atom is 0.316 e. The normalized spacial score (nSPS) is 11.8. The quantitative estimate of drug-likeness (QED) is 0.445. The lowest BCUT2D eigenvalue weighted by Crippen LogP contribution is -2.12. The molecule has 0 aliphatic heterocycles. The number of rotatable bonds is 5. The zero-order chi connectivity index (χ0) is 15.4. The number of hydrogen-bond donors (Lipinski definition) is 3. The summed E-state index contributed by atoms with van der Waals surface area (Å²) in [6.07, 6.45) is 0. The first-order valence-corrected chi connectivity index (χ1v) is 6.66. The summed E-state index contributed by atoms with van der Waals surface area (Å²) in [5.74, 6) is 5.32. The fourth-order valence-corrected chi connectivity index (χ4v) is 2.17. The number of hydrazine groups is 1. The molecule has 0 heterocycles. The van der Waals surface area contributed by atoms with Crippen molar-refractivity contribution in [2.45, 2.75) is 13.0 Å². The summed E-state index contributed by atoms with van der Waals surface area (Å²) in [6, 6.07) is 12.1. The minimum atomic E-state index is -0.466. The standard InChI is InChI=1S/C14H15ClN4O2/c1-9(10-5-7-11(15)8-6-10)17-12-3-2-4-13(18-16)14(12)19(20)21/h2-9,17-18H,16H2,1H3. The predicted molar refractivity (Wildman–Crippen MR) is 84.4 cm³/mol. The van der Waals surface area contributed by atoms with E-state index in [0.717, 1.165) is 5.56 Å². The molecule has 0 spiro atoms. The van der Waals surface area contributed by atoms with E-state index in [-0.39, 0.29) is 17.4 Å². The summed E-state index contributed by atoms with van der Waals surface area (Å²) in [6.45, 7) is 1.91. The number of nitro benzene ring substituents is 1. The number of para-hydroxylation sites is 1. The minimum Gasteiger partial charge on any atom is -0.373 e. The Morgan fingerprint density at radius 3 is 2.38 bits per heavy atom. The first-order chi connectivity index (χ1) is 10.0. The van der Waals surface area contributed by atoms with Crippen molar-refractivity contribution in [3.63, 3.8) is 0 Å². The van der Waals surface area contributed by atoms with E-state index in [0.29, 0.717) is 10.7 Å².